The van der Waals surface area contributed by atoms with Gasteiger partial charge in [-0.15, -0.1) is 5.10 Å². The van der Waals surface area contributed by atoms with Crippen molar-refractivity contribution in [3.63, 3.8) is 0 Å². The van der Waals surface area contributed by atoms with Crippen molar-refractivity contribution in [2.75, 3.05) is 13.1 Å². The molecule has 4 rings (SSSR count). The van der Waals surface area contributed by atoms with Crippen molar-refractivity contribution in [2.24, 2.45) is 0 Å². The zero-order valence-electron chi connectivity index (χ0n) is 17.6. The minimum atomic E-state index is -4.43. The molecule has 1 aromatic heterocycles. The molecule has 0 bridgehead atoms. The van der Waals surface area contributed by atoms with Gasteiger partial charge in [-0.2, -0.15) is 13.2 Å². The molecule has 0 radical (unpaired) electrons. The highest BCUT2D eigenvalue weighted by Gasteiger charge is 2.31. The van der Waals surface area contributed by atoms with Crippen LogP contribution in [-0.4, -0.2) is 50.8 Å². The zero-order valence-corrected chi connectivity index (χ0v) is 17.6. The van der Waals surface area contributed by atoms with Crippen LogP contribution in [-0.2, 0) is 17.4 Å². The molecular formula is C22H26F3N5O2. The van der Waals surface area contributed by atoms with Gasteiger partial charge in [0, 0.05) is 19.1 Å². The highest BCUT2D eigenvalue weighted by Crippen LogP contribution is 2.30. The summed E-state index contributed by atoms with van der Waals surface area (Å²) >= 11 is 0. The van der Waals surface area contributed by atoms with E-state index in [0.29, 0.717) is 11.3 Å². The minimum absolute atomic E-state index is 0.0289. The molecule has 2 heterocycles. The van der Waals surface area contributed by atoms with Crippen LogP contribution in [0, 0.1) is 0 Å². The van der Waals surface area contributed by atoms with Crippen LogP contribution < -0.4 is 5.32 Å². The predicted octanol–water partition coefficient (Wildman–Crippen LogP) is 3.38. The largest absolute Gasteiger partial charge is 0.416 e. The number of carbonyl (C=O) groups excluding carboxylic acids is 2. The number of rotatable bonds is 5. The number of amides is 2. The highest BCUT2D eigenvalue weighted by atomic mass is 19.4. The minimum Gasteiger partial charge on any atom is -0.353 e. The number of aromatic nitrogens is 3. The molecule has 0 unspecified atom stereocenters. The number of likely N-dealkylation sites (tertiary alicyclic amines) is 1. The Hall–Kier alpha value is -2.91. The van der Waals surface area contributed by atoms with E-state index in [1.54, 1.807) is 15.8 Å². The van der Waals surface area contributed by atoms with Crippen LogP contribution in [0.5, 0.6) is 0 Å². The first-order valence-corrected chi connectivity index (χ1v) is 11.0. The third-order valence-electron chi connectivity index (χ3n) is 6.18. The second-order valence-electron chi connectivity index (χ2n) is 8.53. The SMILES string of the molecule is O=C(Cc1cccc(C(F)(F)F)c1)NC1CCC(n2cc(C(=O)N3CCCC3)nn2)CC1. The number of halogens is 3. The van der Waals surface area contributed by atoms with Gasteiger partial charge in [0.25, 0.3) is 5.91 Å². The summed E-state index contributed by atoms with van der Waals surface area (Å²) < 4.78 is 40.3. The molecule has 172 valence electrons. The molecule has 1 saturated heterocycles. The number of carbonyl (C=O) groups is 2. The van der Waals surface area contributed by atoms with E-state index in [-0.39, 0.29) is 30.3 Å². The summed E-state index contributed by atoms with van der Waals surface area (Å²) in [6, 6.07) is 4.94. The van der Waals surface area contributed by atoms with Crippen molar-refractivity contribution < 1.29 is 22.8 Å². The Morgan fingerprint density at radius 3 is 2.50 bits per heavy atom. The van der Waals surface area contributed by atoms with E-state index in [0.717, 1.165) is 63.7 Å². The molecule has 1 saturated carbocycles. The second kappa shape index (κ2) is 9.30. The Morgan fingerprint density at radius 1 is 1.09 bits per heavy atom. The molecule has 1 aliphatic heterocycles. The highest BCUT2D eigenvalue weighted by molar-refractivity contribution is 5.92. The summed E-state index contributed by atoms with van der Waals surface area (Å²) in [7, 11) is 0. The Morgan fingerprint density at radius 2 is 1.81 bits per heavy atom. The van der Waals surface area contributed by atoms with E-state index in [1.807, 2.05) is 0 Å². The second-order valence-corrected chi connectivity index (χ2v) is 8.53. The molecule has 2 aliphatic rings. The van der Waals surface area contributed by atoms with Gasteiger partial charge in [0.05, 0.1) is 24.2 Å². The van der Waals surface area contributed by atoms with Gasteiger partial charge in [0.1, 0.15) is 0 Å². The van der Waals surface area contributed by atoms with Gasteiger partial charge in [-0.3, -0.25) is 9.59 Å². The van der Waals surface area contributed by atoms with Crippen LogP contribution in [0.15, 0.2) is 30.5 Å². The molecular weight excluding hydrogens is 423 g/mol. The first kappa shape index (κ1) is 22.3. The summed E-state index contributed by atoms with van der Waals surface area (Å²) in [4.78, 5) is 26.6. The Balaban J connectivity index is 1.26. The molecule has 2 aromatic rings. The van der Waals surface area contributed by atoms with Gasteiger partial charge in [-0.05, 0) is 50.2 Å². The fourth-order valence-corrected chi connectivity index (χ4v) is 4.44. The summed E-state index contributed by atoms with van der Waals surface area (Å²) in [5.41, 5.74) is -0.0500. The number of hydrogen-bond acceptors (Lipinski definition) is 4. The lowest BCUT2D eigenvalue weighted by Crippen LogP contribution is -2.38. The molecule has 0 atom stereocenters. The third kappa shape index (κ3) is 5.28. The molecule has 1 aliphatic carbocycles. The number of hydrogen-bond donors (Lipinski definition) is 1. The standard InChI is InChI=1S/C22H26F3N5O2/c23-22(24,25)16-5-3-4-15(12-16)13-20(31)26-17-6-8-18(9-7-17)30-14-19(27-28-30)21(32)29-10-1-2-11-29/h3-5,12,14,17-18H,1-2,6-11,13H2,(H,26,31). The summed E-state index contributed by atoms with van der Waals surface area (Å²) in [5.74, 6) is -0.365. The molecule has 2 amide bonds. The average molecular weight is 449 g/mol. The summed E-state index contributed by atoms with van der Waals surface area (Å²) in [5, 5.41) is 11.1. The maximum atomic E-state index is 12.8. The zero-order chi connectivity index (χ0) is 22.7. The molecule has 0 spiro atoms. The lowest BCUT2D eigenvalue weighted by molar-refractivity contribution is -0.137. The van der Waals surface area contributed by atoms with Gasteiger partial charge < -0.3 is 10.2 Å². The van der Waals surface area contributed by atoms with Gasteiger partial charge in [-0.1, -0.05) is 23.4 Å². The topological polar surface area (TPSA) is 80.1 Å². The fourth-order valence-electron chi connectivity index (χ4n) is 4.44. The number of benzene rings is 1. The van der Waals surface area contributed by atoms with E-state index < -0.39 is 11.7 Å². The molecule has 1 N–H and O–H groups in total. The smallest absolute Gasteiger partial charge is 0.353 e. The van der Waals surface area contributed by atoms with Crippen molar-refractivity contribution in [2.45, 2.75) is 63.2 Å². The van der Waals surface area contributed by atoms with E-state index in [2.05, 4.69) is 15.6 Å². The number of nitrogens with one attached hydrogen (secondary N) is 1. The van der Waals surface area contributed by atoms with Crippen LogP contribution in [0.25, 0.3) is 0 Å². The van der Waals surface area contributed by atoms with Gasteiger partial charge in [0.15, 0.2) is 5.69 Å². The fraction of sp³-hybridized carbons (Fsp3) is 0.545. The van der Waals surface area contributed by atoms with Crippen LogP contribution in [0.2, 0.25) is 0 Å². The molecule has 32 heavy (non-hydrogen) atoms. The number of alkyl halides is 3. The summed E-state index contributed by atoms with van der Waals surface area (Å²) in [6.45, 7) is 1.52. The van der Waals surface area contributed by atoms with Crippen molar-refractivity contribution >= 4 is 11.8 Å². The van der Waals surface area contributed by atoms with Crippen LogP contribution in [0.1, 0.15) is 66.2 Å². The predicted molar refractivity (Wildman–Crippen MR) is 110 cm³/mol. The molecule has 10 heteroatoms. The summed E-state index contributed by atoms with van der Waals surface area (Å²) in [6.07, 6.45) is 2.23. The Kier molecular flexibility index (Phi) is 6.48. The van der Waals surface area contributed by atoms with Crippen molar-refractivity contribution in [3.8, 4) is 0 Å². The van der Waals surface area contributed by atoms with E-state index >= 15 is 0 Å². The van der Waals surface area contributed by atoms with E-state index in [4.69, 9.17) is 0 Å². The van der Waals surface area contributed by atoms with E-state index in [1.165, 1.54) is 12.1 Å². The first-order valence-electron chi connectivity index (χ1n) is 11.0. The third-order valence-corrected chi connectivity index (χ3v) is 6.18. The monoisotopic (exact) mass is 449 g/mol. The normalized spacial score (nSPS) is 21.5. The molecule has 2 fully saturated rings. The maximum absolute atomic E-state index is 12.8. The maximum Gasteiger partial charge on any atom is 0.416 e. The lowest BCUT2D eigenvalue weighted by atomic mass is 9.91. The van der Waals surface area contributed by atoms with Gasteiger partial charge in [-0.25, -0.2) is 4.68 Å². The van der Waals surface area contributed by atoms with Gasteiger partial charge in [0.2, 0.25) is 5.91 Å². The Labute approximate surface area is 184 Å². The van der Waals surface area contributed by atoms with Crippen LogP contribution >= 0.6 is 0 Å². The van der Waals surface area contributed by atoms with Crippen molar-refractivity contribution in [1.29, 1.82) is 0 Å². The number of nitrogens with zero attached hydrogens (tertiary/aromatic N) is 4. The van der Waals surface area contributed by atoms with Crippen molar-refractivity contribution in [3.05, 3.63) is 47.3 Å². The van der Waals surface area contributed by atoms with Crippen molar-refractivity contribution in [1.82, 2.24) is 25.2 Å². The first-order chi connectivity index (χ1) is 15.3. The molecule has 1 aromatic carbocycles. The Bertz CT molecular complexity index is 960. The average Bonchev–Trinajstić information content (AvgIpc) is 3.46. The lowest BCUT2D eigenvalue weighted by Gasteiger charge is -2.29. The van der Waals surface area contributed by atoms with Crippen LogP contribution in [0.3, 0.4) is 0 Å². The molecule has 7 nitrogen and oxygen atoms in total. The van der Waals surface area contributed by atoms with Gasteiger partial charge >= 0.3 is 6.18 Å². The van der Waals surface area contributed by atoms with Crippen LogP contribution in [0.4, 0.5) is 13.2 Å². The van der Waals surface area contributed by atoms with E-state index in [9.17, 15) is 22.8 Å². The quantitative estimate of drug-likeness (QED) is 0.759.